The quantitative estimate of drug-likeness (QED) is 0.555. The molecule has 0 spiro atoms. The highest BCUT2D eigenvalue weighted by Crippen LogP contribution is 2.21. The van der Waals surface area contributed by atoms with Crippen LogP contribution in [0.2, 0.25) is 0 Å². The molecule has 132 valence electrons. The summed E-state index contributed by atoms with van der Waals surface area (Å²) in [5.74, 6) is -0.446. The minimum Gasteiger partial charge on any atom is -0.365 e. The van der Waals surface area contributed by atoms with Gasteiger partial charge in [-0.15, -0.1) is 0 Å². The molecule has 1 aliphatic carbocycles. The first-order valence-corrected chi connectivity index (χ1v) is 8.33. The molecule has 1 fully saturated rings. The minimum absolute atomic E-state index is 0.000372. The van der Waals surface area contributed by atoms with Crippen LogP contribution in [0.3, 0.4) is 0 Å². The van der Waals surface area contributed by atoms with E-state index >= 15 is 0 Å². The molecule has 2 atom stereocenters. The van der Waals surface area contributed by atoms with E-state index in [1.54, 1.807) is 12.1 Å². The summed E-state index contributed by atoms with van der Waals surface area (Å²) < 4.78 is 0. The second-order valence-corrected chi connectivity index (χ2v) is 6.19. The van der Waals surface area contributed by atoms with Gasteiger partial charge in [-0.1, -0.05) is 31.0 Å². The molecule has 1 heterocycles. The lowest BCUT2D eigenvalue weighted by molar-refractivity contribution is 0.0999. The van der Waals surface area contributed by atoms with Crippen LogP contribution in [-0.4, -0.2) is 28.0 Å². The monoisotopic (exact) mass is 342 g/mol. The van der Waals surface area contributed by atoms with Crippen molar-refractivity contribution in [1.29, 1.82) is 0 Å². The average Bonchev–Trinajstić information content (AvgIpc) is 2.57. The molecule has 0 bridgehead atoms. The van der Waals surface area contributed by atoms with Crippen LogP contribution in [-0.2, 0) is 0 Å². The average molecular weight is 342 g/mol. The number of aromatic amines is 1. The van der Waals surface area contributed by atoms with Gasteiger partial charge in [0.1, 0.15) is 5.56 Å². The standard InChI is InChI=1S/C17H22N6O2/c18-11-8-4-5-9-12(11)21-17-22-15(13(14(19)24)16(25)23-17)20-10-6-2-1-3-7-10/h1-3,6-7,11-12H,4-5,8-9,18H2,(H2,19,24)(H3,20,21,22,23,25). The third-order valence-electron chi connectivity index (χ3n) is 4.34. The van der Waals surface area contributed by atoms with Gasteiger partial charge in [-0.05, 0) is 25.0 Å². The van der Waals surface area contributed by atoms with Gasteiger partial charge in [-0.25, -0.2) is 0 Å². The van der Waals surface area contributed by atoms with Crippen molar-refractivity contribution >= 4 is 23.4 Å². The summed E-state index contributed by atoms with van der Waals surface area (Å²) in [5.41, 5.74) is 11.4. The van der Waals surface area contributed by atoms with E-state index in [-0.39, 0.29) is 29.4 Å². The van der Waals surface area contributed by atoms with Crippen LogP contribution >= 0.6 is 0 Å². The molecular weight excluding hydrogens is 320 g/mol. The van der Waals surface area contributed by atoms with Crippen molar-refractivity contribution in [1.82, 2.24) is 9.97 Å². The van der Waals surface area contributed by atoms with Crippen LogP contribution in [0.4, 0.5) is 17.5 Å². The van der Waals surface area contributed by atoms with E-state index in [9.17, 15) is 9.59 Å². The van der Waals surface area contributed by atoms with Crippen molar-refractivity contribution < 1.29 is 4.79 Å². The number of nitrogens with one attached hydrogen (secondary N) is 3. The molecule has 0 aliphatic heterocycles. The first-order chi connectivity index (χ1) is 12.0. The lowest BCUT2D eigenvalue weighted by Crippen LogP contribution is -2.43. The van der Waals surface area contributed by atoms with Crippen molar-refractivity contribution in [2.45, 2.75) is 37.8 Å². The number of hydrogen-bond acceptors (Lipinski definition) is 6. The molecule has 7 N–H and O–H groups in total. The Morgan fingerprint density at radius 2 is 1.92 bits per heavy atom. The van der Waals surface area contributed by atoms with E-state index in [2.05, 4.69) is 20.6 Å². The molecule has 1 aromatic carbocycles. The van der Waals surface area contributed by atoms with Gasteiger partial charge in [0, 0.05) is 17.8 Å². The first-order valence-electron chi connectivity index (χ1n) is 8.33. The molecule has 1 aliphatic rings. The smallest absolute Gasteiger partial charge is 0.267 e. The molecule has 0 saturated heterocycles. The van der Waals surface area contributed by atoms with E-state index in [1.807, 2.05) is 18.2 Å². The predicted octanol–water partition coefficient (Wildman–Crippen LogP) is 1.29. The van der Waals surface area contributed by atoms with Crippen molar-refractivity contribution in [3.63, 3.8) is 0 Å². The zero-order chi connectivity index (χ0) is 17.8. The number of nitrogens with two attached hydrogens (primary N) is 2. The maximum Gasteiger partial charge on any atom is 0.267 e. The van der Waals surface area contributed by atoms with Gasteiger partial charge in [-0.3, -0.25) is 14.6 Å². The third-order valence-corrected chi connectivity index (χ3v) is 4.34. The number of benzene rings is 1. The summed E-state index contributed by atoms with van der Waals surface area (Å²) in [5, 5.41) is 6.16. The van der Waals surface area contributed by atoms with Crippen molar-refractivity contribution in [2.24, 2.45) is 11.5 Å². The Labute approximate surface area is 145 Å². The zero-order valence-corrected chi connectivity index (χ0v) is 13.8. The van der Waals surface area contributed by atoms with Crippen molar-refractivity contribution in [3.8, 4) is 0 Å². The number of amides is 1. The van der Waals surface area contributed by atoms with Gasteiger partial charge in [0.25, 0.3) is 11.5 Å². The summed E-state index contributed by atoms with van der Waals surface area (Å²) in [6.07, 6.45) is 4.01. The van der Waals surface area contributed by atoms with E-state index in [0.717, 1.165) is 25.7 Å². The number of carbonyl (C=O) groups is 1. The van der Waals surface area contributed by atoms with Crippen LogP contribution in [0, 0.1) is 0 Å². The largest absolute Gasteiger partial charge is 0.365 e. The molecule has 2 unspecified atom stereocenters. The maximum absolute atomic E-state index is 12.3. The third kappa shape index (κ3) is 3.97. The van der Waals surface area contributed by atoms with Gasteiger partial charge < -0.3 is 22.1 Å². The fourth-order valence-electron chi connectivity index (χ4n) is 3.03. The Morgan fingerprint density at radius 1 is 1.20 bits per heavy atom. The second kappa shape index (κ2) is 7.35. The molecule has 25 heavy (non-hydrogen) atoms. The fourth-order valence-corrected chi connectivity index (χ4v) is 3.03. The highest BCUT2D eigenvalue weighted by molar-refractivity contribution is 5.98. The van der Waals surface area contributed by atoms with Gasteiger partial charge in [0.15, 0.2) is 5.82 Å². The van der Waals surface area contributed by atoms with E-state index in [4.69, 9.17) is 11.5 Å². The summed E-state index contributed by atoms with van der Waals surface area (Å²) in [7, 11) is 0. The van der Waals surface area contributed by atoms with Gasteiger partial charge in [0.05, 0.1) is 0 Å². The van der Waals surface area contributed by atoms with Crippen LogP contribution in [0.25, 0.3) is 0 Å². The maximum atomic E-state index is 12.3. The highest BCUT2D eigenvalue weighted by Gasteiger charge is 2.23. The van der Waals surface area contributed by atoms with Crippen LogP contribution in [0.15, 0.2) is 35.1 Å². The summed E-state index contributed by atoms with van der Waals surface area (Å²) >= 11 is 0. The molecule has 8 heteroatoms. The van der Waals surface area contributed by atoms with Gasteiger partial charge >= 0.3 is 0 Å². The molecule has 8 nitrogen and oxygen atoms in total. The number of H-pyrrole nitrogens is 1. The predicted molar refractivity (Wildman–Crippen MR) is 97.0 cm³/mol. The number of para-hydroxylation sites is 1. The Morgan fingerprint density at radius 3 is 2.60 bits per heavy atom. The van der Waals surface area contributed by atoms with E-state index in [0.29, 0.717) is 5.69 Å². The summed E-state index contributed by atoms with van der Waals surface area (Å²) in [4.78, 5) is 30.9. The number of carbonyl (C=O) groups excluding carboxylic acids is 1. The normalized spacial score (nSPS) is 20.0. The highest BCUT2D eigenvalue weighted by atomic mass is 16.2. The van der Waals surface area contributed by atoms with Crippen molar-refractivity contribution in [3.05, 3.63) is 46.2 Å². The van der Waals surface area contributed by atoms with E-state index in [1.165, 1.54) is 0 Å². The first kappa shape index (κ1) is 17.0. The Bertz CT molecular complexity index is 805. The van der Waals surface area contributed by atoms with E-state index < -0.39 is 11.5 Å². The van der Waals surface area contributed by atoms with Crippen LogP contribution in [0.5, 0.6) is 0 Å². The van der Waals surface area contributed by atoms with Crippen LogP contribution in [0.1, 0.15) is 36.0 Å². The molecular formula is C17H22N6O2. The zero-order valence-electron chi connectivity index (χ0n) is 13.8. The molecule has 2 aromatic rings. The van der Waals surface area contributed by atoms with Gasteiger partial charge in [0.2, 0.25) is 5.95 Å². The number of anilines is 3. The SMILES string of the molecule is NC(=O)c1c(Nc2ccccc2)nc(NC2CCCCC2N)[nH]c1=O. The molecule has 1 saturated carbocycles. The Balaban J connectivity index is 1.92. The topological polar surface area (TPSA) is 139 Å². The van der Waals surface area contributed by atoms with Crippen LogP contribution < -0.4 is 27.7 Å². The second-order valence-electron chi connectivity index (χ2n) is 6.19. The van der Waals surface area contributed by atoms with Crippen molar-refractivity contribution in [2.75, 3.05) is 10.6 Å². The fraction of sp³-hybridized carbons (Fsp3) is 0.353. The number of primary amides is 1. The lowest BCUT2D eigenvalue weighted by atomic mass is 9.91. The molecule has 1 amide bonds. The summed E-state index contributed by atoms with van der Waals surface area (Å²) in [6, 6.07) is 9.17. The number of aromatic nitrogens is 2. The van der Waals surface area contributed by atoms with Gasteiger partial charge in [-0.2, -0.15) is 4.98 Å². The number of hydrogen-bond donors (Lipinski definition) is 5. The number of rotatable bonds is 5. The Hall–Kier alpha value is -2.87. The molecule has 0 radical (unpaired) electrons. The molecule has 1 aromatic heterocycles. The lowest BCUT2D eigenvalue weighted by Gasteiger charge is -2.29. The number of nitrogens with zero attached hydrogens (tertiary/aromatic N) is 1. The summed E-state index contributed by atoms with van der Waals surface area (Å²) in [6.45, 7) is 0. The Kier molecular flexibility index (Phi) is 4.99. The molecule has 3 rings (SSSR count). The minimum atomic E-state index is -0.840.